The second kappa shape index (κ2) is 1.31. The SMILES string of the molecule is O=P1(O)OS(=O)(=O)O1. The summed E-state index contributed by atoms with van der Waals surface area (Å²) in [6.45, 7) is 0. The van der Waals surface area contributed by atoms with E-state index in [9.17, 15) is 13.0 Å². The van der Waals surface area contributed by atoms with Crippen molar-refractivity contribution in [2.75, 3.05) is 0 Å². The van der Waals surface area contributed by atoms with Gasteiger partial charge in [-0.2, -0.15) is 8.42 Å². The van der Waals surface area contributed by atoms with Crippen LogP contribution in [-0.2, 0) is 22.9 Å². The summed E-state index contributed by atoms with van der Waals surface area (Å²) < 4.78 is 36.0. The van der Waals surface area contributed by atoms with E-state index >= 15 is 0 Å². The molecule has 0 radical (unpaired) electrons. The summed E-state index contributed by atoms with van der Waals surface area (Å²) in [4.78, 5) is 7.98. The van der Waals surface area contributed by atoms with Crippen LogP contribution in [0.15, 0.2) is 0 Å². The Hall–Kier alpha value is 0.0600. The van der Waals surface area contributed by atoms with Crippen LogP contribution in [0.25, 0.3) is 0 Å². The third-order valence-corrected chi connectivity index (χ3v) is 3.34. The van der Waals surface area contributed by atoms with E-state index < -0.39 is 18.2 Å². The summed E-state index contributed by atoms with van der Waals surface area (Å²) in [5.41, 5.74) is 0. The highest BCUT2D eigenvalue weighted by atomic mass is 32.3. The van der Waals surface area contributed by atoms with Gasteiger partial charge in [-0.25, -0.2) is 4.57 Å². The van der Waals surface area contributed by atoms with Gasteiger partial charge in [0.05, 0.1) is 0 Å². The van der Waals surface area contributed by atoms with Crippen molar-refractivity contribution >= 4 is 18.2 Å². The van der Waals surface area contributed by atoms with Crippen LogP contribution in [0.2, 0.25) is 0 Å². The molecular weight excluding hydrogens is 159 g/mol. The van der Waals surface area contributed by atoms with E-state index in [4.69, 9.17) is 4.89 Å². The summed E-state index contributed by atoms with van der Waals surface area (Å²) in [7, 11) is -8.28. The van der Waals surface area contributed by atoms with Gasteiger partial charge < -0.3 is 4.89 Å². The van der Waals surface area contributed by atoms with Crippen LogP contribution in [0.3, 0.4) is 0 Å². The summed E-state index contributed by atoms with van der Waals surface area (Å²) in [5.74, 6) is 0. The minimum Gasteiger partial charge on any atom is -0.301 e. The molecule has 1 N–H and O–H groups in total. The Labute approximate surface area is 45.0 Å². The van der Waals surface area contributed by atoms with E-state index in [1.54, 1.807) is 0 Å². The monoisotopic (exact) mass is 160 g/mol. The van der Waals surface area contributed by atoms with Crippen LogP contribution >= 0.6 is 7.82 Å². The van der Waals surface area contributed by atoms with Crippen LogP contribution in [-0.4, -0.2) is 13.3 Å². The first-order chi connectivity index (χ1) is 3.41. The van der Waals surface area contributed by atoms with E-state index in [2.05, 4.69) is 7.94 Å². The molecule has 0 spiro atoms. The van der Waals surface area contributed by atoms with Gasteiger partial charge in [0.15, 0.2) is 0 Å². The van der Waals surface area contributed by atoms with Crippen molar-refractivity contribution in [2.24, 2.45) is 0 Å². The van der Waals surface area contributed by atoms with Gasteiger partial charge in [0, 0.05) is 0 Å². The zero-order chi connectivity index (χ0) is 6.41. The second-order valence-electron chi connectivity index (χ2n) is 1.03. The smallest absolute Gasteiger partial charge is 0.301 e. The summed E-state index contributed by atoms with van der Waals surface area (Å²) in [5, 5.41) is 0. The topological polar surface area (TPSA) is 89.9 Å². The van der Waals surface area contributed by atoms with Crippen molar-refractivity contribution in [1.82, 2.24) is 0 Å². The normalized spacial score (nSPS) is 31.1. The molecule has 8 heteroatoms. The molecule has 0 aliphatic carbocycles. The van der Waals surface area contributed by atoms with Gasteiger partial charge in [0.25, 0.3) is 0 Å². The Morgan fingerprint density at radius 2 is 1.75 bits per heavy atom. The molecule has 8 heavy (non-hydrogen) atoms. The van der Waals surface area contributed by atoms with E-state index in [1.165, 1.54) is 0 Å². The van der Waals surface area contributed by atoms with Crippen molar-refractivity contribution in [3.63, 3.8) is 0 Å². The summed E-state index contributed by atoms with van der Waals surface area (Å²) in [6.07, 6.45) is 0. The van der Waals surface area contributed by atoms with Gasteiger partial charge in [-0.15, -0.1) is 7.94 Å². The maximum atomic E-state index is 9.82. The molecule has 0 atom stereocenters. The fourth-order valence-corrected chi connectivity index (χ4v) is 2.13. The molecule has 0 bridgehead atoms. The Morgan fingerprint density at radius 1 is 1.38 bits per heavy atom. The molecule has 0 amide bonds. The second-order valence-corrected chi connectivity index (χ2v) is 3.97. The molecule has 1 heterocycles. The minimum absolute atomic E-state index is 3.38. The molecule has 48 valence electrons. The molecule has 1 saturated heterocycles. The quantitative estimate of drug-likeness (QED) is 0.475. The van der Waals surface area contributed by atoms with Gasteiger partial charge in [-0.3, -0.25) is 0 Å². The maximum Gasteiger partial charge on any atom is 0.505 e. The lowest BCUT2D eigenvalue weighted by atomic mass is 15.7. The molecule has 0 aromatic rings. The summed E-state index contributed by atoms with van der Waals surface area (Å²) >= 11 is 0. The van der Waals surface area contributed by atoms with E-state index in [0.29, 0.717) is 0 Å². The Bertz CT molecular complexity index is 217. The van der Waals surface area contributed by atoms with E-state index in [1.807, 2.05) is 0 Å². The first kappa shape index (κ1) is 6.18. The third-order valence-electron chi connectivity index (χ3n) is 0.371. The van der Waals surface area contributed by atoms with Gasteiger partial charge in [0.1, 0.15) is 0 Å². The van der Waals surface area contributed by atoms with E-state index in [0.717, 1.165) is 0 Å². The van der Waals surface area contributed by atoms with Crippen LogP contribution in [0.5, 0.6) is 0 Å². The van der Waals surface area contributed by atoms with Gasteiger partial charge in [-0.05, 0) is 0 Å². The first-order valence-corrected chi connectivity index (χ1v) is 4.24. The number of phosphoric acid groups is 1. The highest BCUT2D eigenvalue weighted by Crippen LogP contribution is 2.56. The van der Waals surface area contributed by atoms with Crippen molar-refractivity contribution in [2.45, 2.75) is 0 Å². The fourth-order valence-electron chi connectivity index (χ4n) is 0.236. The molecule has 1 rings (SSSR count). The molecule has 1 aliphatic rings. The lowest BCUT2D eigenvalue weighted by molar-refractivity contribution is 0.218. The van der Waals surface area contributed by atoms with Crippen molar-refractivity contribution in [1.29, 1.82) is 0 Å². The number of hydrogen-bond acceptors (Lipinski definition) is 5. The van der Waals surface area contributed by atoms with Gasteiger partial charge in [-0.1, -0.05) is 0 Å². The standard InChI is InChI=1S/HO6PS/c1-7(2)5-8(3,4)6-7/h(H,1,2). The number of rotatable bonds is 0. The molecule has 0 aromatic heterocycles. The average Bonchev–Trinajstić information content (AvgIpc) is 1.20. The maximum absolute atomic E-state index is 9.82. The molecule has 0 saturated carbocycles. The van der Waals surface area contributed by atoms with Crippen LogP contribution < -0.4 is 0 Å². The zero-order valence-electron chi connectivity index (χ0n) is 3.34. The Morgan fingerprint density at radius 3 is 1.75 bits per heavy atom. The fraction of sp³-hybridized carbons (Fsp3) is 0. The van der Waals surface area contributed by atoms with Crippen molar-refractivity contribution in [3.05, 3.63) is 0 Å². The predicted molar refractivity (Wildman–Crippen MR) is 20.9 cm³/mol. The summed E-state index contributed by atoms with van der Waals surface area (Å²) in [6, 6.07) is 0. The third kappa shape index (κ3) is 1.07. The predicted octanol–water partition coefficient (Wildman–Crippen LogP) is -0.622. The van der Waals surface area contributed by atoms with Crippen molar-refractivity contribution < 1.29 is 25.8 Å². The molecule has 0 unspecified atom stereocenters. The largest absolute Gasteiger partial charge is 0.505 e. The molecule has 1 aliphatic heterocycles. The molecular formula is HO6PS. The van der Waals surface area contributed by atoms with Gasteiger partial charge in [0.2, 0.25) is 0 Å². The minimum atomic E-state index is -4.18. The number of hydrogen-bond donors (Lipinski definition) is 1. The van der Waals surface area contributed by atoms with Gasteiger partial charge >= 0.3 is 18.2 Å². The van der Waals surface area contributed by atoms with Crippen LogP contribution in [0.1, 0.15) is 0 Å². The lowest BCUT2D eigenvalue weighted by Gasteiger charge is -2.16. The molecule has 1 fully saturated rings. The highest BCUT2D eigenvalue weighted by molar-refractivity contribution is 7.96. The van der Waals surface area contributed by atoms with Crippen molar-refractivity contribution in [3.8, 4) is 0 Å². The van der Waals surface area contributed by atoms with Crippen LogP contribution in [0, 0.1) is 0 Å². The average molecular weight is 160 g/mol. The van der Waals surface area contributed by atoms with Crippen LogP contribution in [0.4, 0.5) is 0 Å². The Kier molecular flexibility index (Phi) is 1.01. The first-order valence-electron chi connectivity index (χ1n) is 1.41. The molecule has 0 aromatic carbocycles. The Balaban J connectivity index is 2.84. The van der Waals surface area contributed by atoms with E-state index in [-0.39, 0.29) is 0 Å². The highest BCUT2D eigenvalue weighted by Gasteiger charge is 2.47. The lowest BCUT2D eigenvalue weighted by Crippen LogP contribution is -2.17. The zero-order valence-corrected chi connectivity index (χ0v) is 5.05. The molecule has 6 nitrogen and oxygen atoms in total.